The highest BCUT2D eigenvalue weighted by Crippen LogP contribution is 2.26. The number of para-hydroxylation sites is 2. The first-order valence-corrected chi connectivity index (χ1v) is 9.94. The zero-order valence-electron chi connectivity index (χ0n) is 15.7. The molecule has 1 amide bonds. The van der Waals surface area contributed by atoms with E-state index in [4.69, 9.17) is 4.74 Å². The van der Waals surface area contributed by atoms with Gasteiger partial charge in [0.05, 0.1) is 18.0 Å². The van der Waals surface area contributed by atoms with E-state index in [-0.39, 0.29) is 17.5 Å². The van der Waals surface area contributed by atoms with E-state index in [1.807, 2.05) is 36.6 Å². The quantitative estimate of drug-likeness (QED) is 0.573. The van der Waals surface area contributed by atoms with Gasteiger partial charge in [-0.1, -0.05) is 23.9 Å². The number of hydrogen-bond acceptors (Lipinski definition) is 5. The lowest BCUT2D eigenvalue weighted by molar-refractivity contribution is -0.113. The molecule has 0 saturated carbocycles. The average Bonchev–Trinajstić information content (AvgIpc) is 3.11. The Morgan fingerprint density at radius 3 is 2.61 bits per heavy atom. The number of halogens is 1. The van der Waals surface area contributed by atoms with E-state index in [1.165, 1.54) is 23.9 Å². The number of hydrogen-bond donors (Lipinski definition) is 1. The van der Waals surface area contributed by atoms with Crippen LogP contribution < -0.4 is 10.1 Å². The van der Waals surface area contributed by atoms with Gasteiger partial charge in [0.1, 0.15) is 11.6 Å². The van der Waals surface area contributed by atoms with Crippen molar-refractivity contribution in [3.05, 3.63) is 54.3 Å². The minimum absolute atomic E-state index is 0.161. The molecule has 0 aliphatic rings. The first kappa shape index (κ1) is 19.9. The van der Waals surface area contributed by atoms with E-state index >= 15 is 0 Å². The fourth-order valence-electron chi connectivity index (χ4n) is 2.66. The zero-order valence-corrected chi connectivity index (χ0v) is 16.5. The molecule has 0 bridgehead atoms. The number of anilines is 1. The summed E-state index contributed by atoms with van der Waals surface area (Å²) in [6, 6.07) is 13.4. The maximum atomic E-state index is 13.2. The topological polar surface area (TPSA) is 69.0 Å². The third-order valence-corrected chi connectivity index (χ3v) is 4.90. The molecule has 6 nitrogen and oxygen atoms in total. The maximum Gasteiger partial charge on any atom is 0.234 e. The Kier molecular flexibility index (Phi) is 6.65. The normalized spacial score (nSPS) is 10.7. The summed E-state index contributed by atoms with van der Waals surface area (Å²) in [4.78, 5) is 12.4. The Balaban J connectivity index is 1.68. The second-order valence-corrected chi connectivity index (χ2v) is 6.77. The average molecular weight is 400 g/mol. The van der Waals surface area contributed by atoms with Gasteiger partial charge in [0.2, 0.25) is 5.91 Å². The second-order valence-electron chi connectivity index (χ2n) is 5.82. The summed E-state index contributed by atoms with van der Waals surface area (Å²) in [5, 5.41) is 11.9. The van der Waals surface area contributed by atoms with Crippen molar-refractivity contribution in [2.24, 2.45) is 0 Å². The first-order valence-electron chi connectivity index (χ1n) is 8.96. The predicted molar refractivity (Wildman–Crippen MR) is 108 cm³/mol. The van der Waals surface area contributed by atoms with Crippen LogP contribution in [-0.4, -0.2) is 33.0 Å². The number of thioether (sulfide) groups is 1. The van der Waals surface area contributed by atoms with E-state index in [2.05, 4.69) is 15.5 Å². The summed E-state index contributed by atoms with van der Waals surface area (Å²) in [6.07, 6.45) is 0. The third-order valence-electron chi connectivity index (χ3n) is 3.93. The molecular formula is C20H21FN4O2S. The van der Waals surface area contributed by atoms with E-state index in [0.29, 0.717) is 35.6 Å². The van der Waals surface area contributed by atoms with Gasteiger partial charge in [-0.05, 0) is 50.2 Å². The standard InChI is InChI=1S/C20H21FN4O2S/c1-3-25-19(14-9-11-15(21)12-10-14)23-24-20(25)28-13-18(26)22-16-7-5-6-8-17(16)27-4-2/h5-12H,3-4,13H2,1-2H3,(H,22,26). The van der Waals surface area contributed by atoms with Crippen LogP contribution in [0.25, 0.3) is 11.4 Å². The van der Waals surface area contributed by atoms with Crippen molar-refractivity contribution >= 4 is 23.4 Å². The molecule has 1 N–H and O–H groups in total. The molecule has 0 aliphatic carbocycles. The molecule has 8 heteroatoms. The predicted octanol–water partition coefficient (Wildman–Crippen LogP) is 4.23. The highest BCUT2D eigenvalue weighted by atomic mass is 32.2. The van der Waals surface area contributed by atoms with Gasteiger partial charge in [-0.3, -0.25) is 4.79 Å². The van der Waals surface area contributed by atoms with Crippen LogP contribution in [-0.2, 0) is 11.3 Å². The van der Waals surface area contributed by atoms with Crippen molar-refractivity contribution in [2.45, 2.75) is 25.5 Å². The van der Waals surface area contributed by atoms with Gasteiger partial charge in [-0.15, -0.1) is 10.2 Å². The Labute approximate surface area is 167 Å². The Morgan fingerprint density at radius 2 is 1.89 bits per heavy atom. The van der Waals surface area contributed by atoms with Gasteiger partial charge >= 0.3 is 0 Å². The summed E-state index contributed by atoms with van der Waals surface area (Å²) in [5.74, 6) is 1.00. The summed E-state index contributed by atoms with van der Waals surface area (Å²) >= 11 is 1.30. The van der Waals surface area contributed by atoms with Crippen LogP contribution in [0.5, 0.6) is 5.75 Å². The lowest BCUT2D eigenvalue weighted by atomic mass is 10.2. The SMILES string of the molecule is CCOc1ccccc1NC(=O)CSc1nnc(-c2ccc(F)cc2)n1CC. The molecule has 0 unspecified atom stereocenters. The molecular weight excluding hydrogens is 379 g/mol. The van der Waals surface area contributed by atoms with Gasteiger partial charge in [0, 0.05) is 12.1 Å². The summed E-state index contributed by atoms with van der Waals surface area (Å²) in [7, 11) is 0. The number of carbonyl (C=O) groups is 1. The Morgan fingerprint density at radius 1 is 1.14 bits per heavy atom. The molecule has 0 aliphatic heterocycles. The number of rotatable bonds is 8. The maximum absolute atomic E-state index is 13.2. The van der Waals surface area contributed by atoms with Gasteiger partial charge in [0.15, 0.2) is 11.0 Å². The number of nitrogens with one attached hydrogen (secondary N) is 1. The van der Waals surface area contributed by atoms with Crippen LogP contribution >= 0.6 is 11.8 Å². The minimum Gasteiger partial charge on any atom is -0.492 e. The molecule has 1 aromatic heterocycles. The van der Waals surface area contributed by atoms with E-state index in [9.17, 15) is 9.18 Å². The zero-order chi connectivity index (χ0) is 19.9. The van der Waals surface area contributed by atoms with Crippen molar-refractivity contribution < 1.29 is 13.9 Å². The Bertz CT molecular complexity index is 944. The molecule has 0 spiro atoms. The van der Waals surface area contributed by atoms with Crippen molar-refractivity contribution in [1.29, 1.82) is 0 Å². The molecule has 146 valence electrons. The molecule has 0 radical (unpaired) electrons. The highest BCUT2D eigenvalue weighted by Gasteiger charge is 2.15. The van der Waals surface area contributed by atoms with Gasteiger partial charge < -0.3 is 14.6 Å². The summed E-state index contributed by atoms with van der Waals surface area (Å²) in [5.41, 5.74) is 1.41. The van der Waals surface area contributed by atoms with Gasteiger partial charge in [-0.25, -0.2) is 4.39 Å². The Hall–Kier alpha value is -2.87. The van der Waals surface area contributed by atoms with E-state index in [1.54, 1.807) is 18.2 Å². The largest absolute Gasteiger partial charge is 0.492 e. The van der Waals surface area contributed by atoms with Crippen molar-refractivity contribution in [2.75, 3.05) is 17.7 Å². The highest BCUT2D eigenvalue weighted by molar-refractivity contribution is 7.99. The lowest BCUT2D eigenvalue weighted by Gasteiger charge is -2.11. The lowest BCUT2D eigenvalue weighted by Crippen LogP contribution is -2.15. The van der Waals surface area contributed by atoms with E-state index < -0.39 is 0 Å². The number of benzene rings is 2. The molecule has 28 heavy (non-hydrogen) atoms. The van der Waals surface area contributed by atoms with Crippen LogP contribution in [0.15, 0.2) is 53.7 Å². The molecule has 3 rings (SSSR count). The van der Waals surface area contributed by atoms with Crippen molar-refractivity contribution in [3.8, 4) is 17.1 Å². The molecule has 0 atom stereocenters. The van der Waals surface area contributed by atoms with Crippen molar-refractivity contribution in [1.82, 2.24) is 14.8 Å². The fourth-order valence-corrected chi connectivity index (χ4v) is 3.46. The van der Waals surface area contributed by atoms with Crippen LogP contribution in [0, 0.1) is 5.82 Å². The van der Waals surface area contributed by atoms with Crippen LogP contribution in [0.1, 0.15) is 13.8 Å². The number of nitrogens with zero attached hydrogens (tertiary/aromatic N) is 3. The molecule has 0 saturated heterocycles. The van der Waals surface area contributed by atoms with Crippen molar-refractivity contribution in [3.63, 3.8) is 0 Å². The number of ether oxygens (including phenoxy) is 1. The number of aromatic nitrogens is 3. The van der Waals surface area contributed by atoms with Crippen LogP contribution in [0.3, 0.4) is 0 Å². The smallest absolute Gasteiger partial charge is 0.234 e. The third kappa shape index (κ3) is 4.69. The molecule has 3 aromatic rings. The molecule has 0 fully saturated rings. The van der Waals surface area contributed by atoms with E-state index in [0.717, 1.165) is 5.56 Å². The first-order chi connectivity index (χ1) is 13.6. The number of amides is 1. The minimum atomic E-state index is -0.301. The monoisotopic (exact) mass is 400 g/mol. The number of carbonyl (C=O) groups excluding carboxylic acids is 1. The summed E-state index contributed by atoms with van der Waals surface area (Å²) in [6.45, 7) is 5.02. The van der Waals surface area contributed by atoms with Crippen LogP contribution in [0.4, 0.5) is 10.1 Å². The van der Waals surface area contributed by atoms with Gasteiger partial charge in [-0.2, -0.15) is 0 Å². The van der Waals surface area contributed by atoms with Crippen LogP contribution in [0.2, 0.25) is 0 Å². The molecule has 2 aromatic carbocycles. The fraction of sp³-hybridized carbons (Fsp3) is 0.250. The second kappa shape index (κ2) is 9.36. The summed E-state index contributed by atoms with van der Waals surface area (Å²) < 4.78 is 20.6. The molecule has 1 heterocycles. The van der Waals surface area contributed by atoms with Gasteiger partial charge in [0.25, 0.3) is 0 Å².